The zero-order valence-electron chi connectivity index (χ0n) is 9.09. The van der Waals surface area contributed by atoms with Crippen LogP contribution in [-0.2, 0) is 6.42 Å². The van der Waals surface area contributed by atoms with Gasteiger partial charge in [0.25, 0.3) is 0 Å². The van der Waals surface area contributed by atoms with Gasteiger partial charge in [-0.25, -0.2) is 0 Å². The average Bonchev–Trinajstić information content (AvgIpc) is 2.91. The van der Waals surface area contributed by atoms with Crippen LogP contribution < -0.4 is 0 Å². The molecule has 0 spiro atoms. The summed E-state index contributed by atoms with van der Waals surface area (Å²) < 4.78 is 0. The van der Waals surface area contributed by atoms with E-state index in [1.165, 1.54) is 19.8 Å². The quantitative estimate of drug-likeness (QED) is 0.605. The SMILES string of the molecule is CC(=O)c1[nH]c(CC2CC2)c(C=O)c1C. The molecule has 2 rings (SSSR count). The van der Waals surface area contributed by atoms with Crippen molar-refractivity contribution in [3.05, 3.63) is 22.5 Å². The number of nitrogens with one attached hydrogen (secondary N) is 1. The van der Waals surface area contributed by atoms with Gasteiger partial charge in [0.1, 0.15) is 0 Å². The molecule has 0 saturated heterocycles. The van der Waals surface area contributed by atoms with E-state index in [0.717, 1.165) is 24.0 Å². The van der Waals surface area contributed by atoms with Gasteiger partial charge < -0.3 is 4.98 Å². The number of carbonyl (C=O) groups is 2. The zero-order valence-corrected chi connectivity index (χ0v) is 9.09. The zero-order chi connectivity index (χ0) is 11.0. The van der Waals surface area contributed by atoms with Crippen molar-refractivity contribution in [3.63, 3.8) is 0 Å². The van der Waals surface area contributed by atoms with E-state index in [1.54, 1.807) is 0 Å². The standard InChI is InChI=1S/C12H15NO2/c1-7-10(6-14)11(5-9-3-4-9)13-12(7)8(2)15/h6,9,13H,3-5H2,1-2H3. The van der Waals surface area contributed by atoms with Crippen LogP contribution in [0.2, 0.25) is 0 Å². The second kappa shape index (κ2) is 3.65. The number of rotatable bonds is 4. The van der Waals surface area contributed by atoms with Crippen LogP contribution in [0.5, 0.6) is 0 Å². The molecule has 1 aliphatic carbocycles. The number of hydrogen-bond donors (Lipinski definition) is 1. The van der Waals surface area contributed by atoms with E-state index in [0.29, 0.717) is 17.2 Å². The van der Waals surface area contributed by atoms with Crippen molar-refractivity contribution in [2.45, 2.75) is 33.1 Å². The third kappa shape index (κ3) is 1.87. The number of H-pyrrole nitrogens is 1. The predicted octanol–water partition coefficient (Wildman–Crippen LogP) is 2.29. The fraction of sp³-hybridized carbons (Fsp3) is 0.500. The van der Waals surface area contributed by atoms with Crippen molar-refractivity contribution >= 4 is 12.1 Å². The first-order valence-corrected chi connectivity index (χ1v) is 5.31. The predicted molar refractivity (Wildman–Crippen MR) is 57.3 cm³/mol. The van der Waals surface area contributed by atoms with Crippen LogP contribution in [0.4, 0.5) is 0 Å². The van der Waals surface area contributed by atoms with E-state index >= 15 is 0 Å². The summed E-state index contributed by atoms with van der Waals surface area (Å²) in [5.74, 6) is 0.708. The van der Waals surface area contributed by atoms with Crippen molar-refractivity contribution in [3.8, 4) is 0 Å². The van der Waals surface area contributed by atoms with E-state index in [4.69, 9.17) is 0 Å². The smallest absolute Gasteiger partial charge is 0.176 e. The van der Waals surface area contributed by atoms with Crippen molar-refractivity contribution in [1.29, 1.82) is 0 Å². The lowest BCUT2D eigenvalue weighted by atomic mass is 10.1. The Labute approximate surface area is 88.9 Å². The average molecular weight is 205 g/mol. The summed E-state index contributed by atoms with van der Waals surface area (Å²) in [6.07, 6.45) is 4.25. The third-order valence-corrected chi connectivity index (χ3v) is 3.04. The molecular weight excluding hydrogens is 190 g/mol. The van der Waals surface area contributed by atoms with Gasteiger partial charge in [0.2, 0.25) is 0 Å². The minimum atomic E-state index is -0.00218. The highest BCUT2D eigenvalue weighted by atomic mass is 16.1. The van der Waals surface area contributed by atoms with Crippen LogP contribution >= 0.6 is 0 Å². The molecule has 3 nitrogen and oxygen atoms in total. The lowest BCUT2D eigenvalue weighted by Gasteiger charge is -1.96. The van der Waals surface area contributed by atoms with Gasteiger partial charge in [-0.2, -0.15) is 0 Å². The summed E-state index contributed by atoms with van der Waals surface area (Å²) in [6.45, 7) is 3.35. The molecule has 0 bridgehead atoms. The van der Waals surface area contributed by atoms with Crippen LogP contribution in [0.3, 0.4) is 0 Å². The topological polar surface area (TPSA) is 49.9 Å². The molecule has 0 radical (unpaired) electrons. The molecule has 1 aromatic heterocycles. The normalized spacial score (nSPS) is 15.3. The Morgan fingerprint density at radius 1 is 1.53 bits per heavy atom. The number of carbonyl (C=O) groups excluding carboxylic acids is 2. The van der Waals surface area contributed by atoms with E-state index in [-0.39, 0.29) is 5.78 Å². The van der Waals surface area contributed by atoms with E-state index in [9.17, 15) is 9.59 Å². The molecule has 1 N–H and O–H groups in total. The van der Waals surface area contributed by atoms with Gasteiger partial charge in [0, 0.05) is 18.2 Å². The van der Waals surface area contributed by atoms with Gasteiger partial charge in [0.15, 0.2) is 12.1 Å². The number of ketones is 1. The molecular formula is C12H15NO2. The fourth-order valence-corrected chi connectivity index (χ4v) is 1.96. The number of aromatic amines is 1. The number of Topliss-reactive ketones (excluding diaryl/α,β-unsaturated/α-hetero) is 1. The van der Waals surface area contributed by atoms with E-state index in [1.807, 2.05) is 6.92 Å². The molecule has 1 aliphatic rings. The summed E-state index contributed by atoms with van der Waals surface area (Å²) >= 11 is 0. The van der Waals surface area contributed by atoms with Crippen LogP contribution in [-0.4, -0.2) is 17.1 Å². The second-order valence-electron chi connectivity index (χ2n) is 4.34. The fourth-order valence-electron chi connectivity index (χ4n) is 1.96. The maximum atomic E-state index is 11.3. The highest BCUT2D eigenvalue weighted by molar-refractivity contribution is 5.97. The van der Waals surface area contributed by atoms with Crippen LogP contribution in [0.15, 0.2) is 0 Å². The molecule has 1 heterocycles. The number of aromatic nitrogens is 1. The highest BCUT2D eigenvalue weighted by Crippen LogP contribution is 2.33. The Kier molecular flexibility index (Phi) is 2.47. The Bertz CT molecular complexity index is 414. The third-order valence-electron chi connectivity index (χ3n) is 3.04. The van der Waals surface area contributed by atoms with E-state index in [2.05, 4.69) is 4.98 Å². The minimum absolute atomic E-state index is 0.00218. The molecule has 0 unspecified atom stereocenters. The Morgan fingerprint density at radius 2 is 2.20 bits per heavy atom. The Hall–Kier alpha value is -1.38. The highest BCUT2D eigenvalue weighted by Gasteiger charge is 2.25. The molecule has 0 amide bonds. The largest absolute Gasteiger partial charge is 0.355 e. The first-order valence-electron chi connectivity index (χ1n) is 5.31. The van der Waals surface area contributed by atoms with Crippen molar-refractivity contribution in [2.75, 3.05) is 0 Å². The summed E-state index contributed by atoms with van der Waals surface area (Å²) in [5.41, 5.74) is 3.02. The van der Waals surface area contributed by atoms with Gasteiger partial charge in [-0.1, -0.05) is 0 Å². The van der Waals surface area contributed by atoms with Crippen molar-refractivity contribution < 1.29 is 9.59 Å². The van der Waals surface area contributed by atoms with Gasteiger partial charge in [-0.05, 0) is 37.7 Å². The molecule has 0 atom stereocenters. The first-order chi connectivity index (χ1) is 7.13. The summed E-state index contributed by atoms with van der Waals surface area (Å²) in [7, 11) is 0. The minimum Gasteiger partial charge on any atom is -0.355 e. The number of aldehydes is 1. The molecule has 1 saturated carbocycles. The summed E-state index contributed by atoms with van der Waals surface area (Å²) in [6, 6.07) is 0. The monoisotopic (exact) mass is 205 g/mol. The molecule has 80 valence electrons. The summed E-state index contributed by atoms with van der Waals surface area (Å²) in [4.78, 5) is 25.3. The van der Waals surface area contributed by atoms with Gasteiger partial charge in [-0.3, -0.25) is 9.59 Å². The lowest BCUT2D eigenvalue weighted by molar-refractivity contribution is 0.101. The van der Waals surface area contributed by atoms with Gasteiger partial charge >= 0.3 is 0 Å². The van der Waals surface area contributed by atoms with Crippen LogP contribution in [0.1, 0.15) is 51.9 Å². The molecule has 0 aromatic carbocycles. The summed E-state index contributed by atoms with van der Waals surface area (Å²) in [5, 5.41) is 0. The first kappa shape index (κ1) is 10.1. The van der Waals surface area contributed by atoms with Crippen LogP contribution in [0.25, 0.3) is 0 Å². The maximum absolute atomic E-state index is 11.3. The van der Waals surface area contributed by atoms with E-state index < -0.39 is 0 Å². The molecule has 1 aromatic rings. The van der Waals surface area contributed by atoms with Gasteiger partial charge in [0.05, 0.1) is 5.69 Å². The van der Waals surface area contributed by atoms with Crippen molar-refractivity contribution in [1.82, 2.24) is 4.98 Å². The second-order valence-corrected chi connectivity index (χ2v) is 4.34. The molecule has 0 aliphatic heterocycles. The number of hydrogen-bond acceptors (Lipinski definition) is 2. The molecule has 1 fully saturated rings. The molecule has 3 heteroatoms. The Balaban J connectivity index is 2.38. The molecule has 15 heavy (non-hydrogen) atoms. The lowest BCUT2D eigenvalue weighted by Crippen LogP contribution is -1.95. The Morgan fingerprint density at radius 3 is 2.67 bits per heavy atom. The van der Waals surface area contributed by atoms with Gasteiger partial charge in [-0.15, -0.1) is 0 Å². The maximum Gasteiger partial charge on any atom is 0.176 e. The van der Waals surface area contributed by atoms with Crippen LogP contribution in [0, 0.1) is 12.8 Å². The van der Waals surface area contributed by atoms with Crippen molar-refractivity contribution in [2.24, 2.45) is 5.92 Å².